The predicted octanol–water partition coefficient (Wildman–Crippen LogP) is 3.92. The van der Waals surface area contributed by atoms with E-state index in [1.165, 1.54) is 0 Å². The zero-order valence-electron chi connectivity index (χ0n) is 10.8. The summed E-state index contributed by atoms with van der Waals surface area (Å²) in [5.74, 6) is 0.628. The van der Waals surface area contributed by atoms with Crippen molar-refractivity contribution in [3.63, 3.8) is 0 Å². The minimum atomic E-state index is -4.31. The van der Waals surface area contributed by atoms with E-state index in [4.69, 9.17) is 11.6 Å². The van der Waals surface area contributed by atoms with Crippen molar-refractivity contribution in [1.82, 2.24) is 9.55 Å². The van der Waals surface area contributed by atoms with Crippen LogP contribution in [0.4, 0.5) is 13.2 Å². The molecule has 1 atom stereocenters. The molecule has 1 unspecified atom stereocenters. The summed E-state index contributed by atoms with van der Waals surface area (Å²) in [5, 5.41) is -0.329. The Balaban J connectivity index is 2.13. The van der Waals surface area contributed by atoms with Crippen LogP contribution in [0.2, 0.25) is 0 Å². The van der Waals surface area contributed by atoms with Crippen LogP contribution in [0, 0.1) is 0 Å². The Kier molecular flexibility index (Phi) is 4.55. The molecule has 3 nitrogen and oxygen atoms in total. The van der Waals surface area contributed by atoms with Gasteiger partial charge >= 0.3 is 6.18 Å². The number of aromatic nitrogens is 2. The minimum absolute atomic E-state index is 0.0452. The summed E-state index contributed by atoms with van der Waals surface area (Å²) in [6.45, 7) is 0.765. The van der Waals surface area contributed by atoms with Crippen molar-refractivity contribution in [2.45, 2.75) is 25.0 Å². The zero-order valence-corrected chi connectivity index (χ0v) is 11.6. The van der Waals surface area contributed by atoms with Crippen LogP contribution < -0.4 is 0 Å². The molecule has 1 aromatic heterocycles. The molecule has 110 valence electrons. The fourth-order valence-corrected chi connectivity index (χ4v) is 2.14. The Morgan fingerprint density at radius 3 is 2.70 bits per heavy atom. The van der Waals surface area contributed by atoms with E-state index in [1.807, 2.05) is 24.3 Å². The fraction of sp³-hybridized carbons (Fsp3) is 0.462. The van der Waals surface area contributed by atoms with E-state index in [0.717, 1.165) is 11.0 Å². The van der Waals surface area contributed by atoms with Gasteiger partial charge in [-0.25, -0.2) is 4.98 Å². The van der Waals surface area contributed by atoms with Gasteiger partial charge in [-0.3, -0.25) is 0 Å². The van der Waals surface area contributed by atoms with Gasteiger partial charge in [0.2, 0.25) is 0 Å². The van der Waals surface area contributed by atoms with Gasteiger partial charge in [0.15, 0.2) is 0 Å². The normalized spacial score (nSPS) is 13.8. The molecule has 0 aliphatic heterocycles. The average molecular weight is 307 g/mol. The molecule has 1 heterocycles. The smallest absolute Gasteiger partial charge is 0.370 e. The number of nitrogens with zero attached hydrogens (tertiary/aromatic N) is 2. The summed E-state index contributed by atoms with van der Waals surface area (Å²) in [7, 11) is 0. The van der Waals surface area contributed by atoms with Crippen LogP contribution in [0.5, 0.6) is 0 Å². The van der Waals surface area contributed by atoms with Crippen molar-refractivity contribution < 1.29 is 17.9 Å². The van der Waals surface area contributed by atoms with Gasteiger partial charge in [0.25, 0.3) is 0 Å². The predicted molar refractivity (Wildman–Crippen MR) is 70.9 cm³/mol. The number of hydrogen-bond donors (Lipinski definition) is 0. The van der Waals surface area contributed by atoms with Crippen LogP contribution in [0.1, 0.15) is 18.1 Å². The molecule has 0 radical (unpaired) electrons. The molecule has 0 saturated heterocycles. The number of halogens is 4. The second-order valence-electron chi connectivity index (χ2n) is 4.39. The number of alkyl halides is 4. The summed E-state index contributed by atoms with van der Waals surface area (Å²) in [6, 6.07) is 7.39. The lowest BCUT2D eigenvalue weighted by atomic mass is 10.3. The highest BCUT2D eigenvalue weighted by atomic mass is 35.5. The van der Waals surface area contributed by atoms with Crippen LogP contribution in [-0.2, 0) is 11.3 Å². The number of fused-ring (bicyclic) bond motifs is 1. The first kappa shape index (κ1) is 15.1. The van der Waals surface area contributed by atoms with Gasteiger partial charge in [-0.15, -0.1) is 11.6 Å². The third-order valence-corrected chi connectivity index (χ3v) is 2.96. The first-order chi connectivity index (χ1) is 9.38. The van der Waals surface area contributed by atoms with Crippen LogP contribution in [0.25, 0.3) is 11.0 Å². The minimum Gasteiger partial charge on any atom is -0.370 e. The number of hydrogen-bond acceptors (Lipinski definition) is 2. The van der Waals surface area contributed by atoms with Gasteiger partial charge < -0.3 is 9.30 Å². The van der Waals surface area contributed by atoms with Gasteiger partial charge in [0.05, 0.1) is 23.0 Å². The van der Waals surface area contributed by atoms with Crippen molar-refractivity contribution in [2.75, 3.05) is 13.2 Å². The Bertz CT molecular complexity index is 580. The molecule has 0 aliphatic rings. The summed E-state index contributed by atoms with van der Waals surface area (Å²) in [5.41, 5.74) is 1.61. The molecule has 7 heteroatoms. The quantitative estimate of drug-likeness (QED) is 0.618. The maximum absolute atomic E-state index is 12.0. The molecule has 1 aromatic carbocycles. The third-order valence-electron chi connectivity index (χ3n) is 2.76. The molecule has 0 fully saturated rings. The van der Waals surface area contributed by atoms with E-state index < -0.39 is 12.8 Å². The number of para-hydroxylation sites is 2. The number of imidazole rings is 1. The topological polar surface area (TPSA) is 27.1 Å². The van der Waals surface area contributed by atoms with Crippen LogP contribution >= 0.6 is 11.6 Å². The van der Waals surface area contributed by atoms with Crippen LogP contribution in [0.3, 0.4) is 0 Å². The Morgan fingerprint density at radius 2 is 2.05 bits per heavy atom. The first-order valence-corrected chi connectivity index (χ1v) is 6.56. The van der Waals surface area contributed by atoms with E-state index >= 15 is 0 Å². The standard InChI is InChI=1S/C13H14ClF3N2O/c1-9(14)12-18-10-4-2-3-5-11(10)19(12)6-7-20-8-13(15,16)17/h2-5,9H,6-8H2,1H3. The van der Waals surface area contributed by atoms with Gasteiger partial charge in [-0.1, -0.05) is 12.1 Å². The van der Waals surface area contributed by atoms with Crippen molar-refractivity contribution in [3.8, 4) is 0 Å². The summed E-state index contributed by atoms with van der Waals surface area (Å²) in [4.78, 5) is 4.39. The first-order valence-electron chi connectivity index (χ1n) is 6.12. The zero-order chi connectivity index (χ0) is 14.8. The largest absolute Gasteiger partial charge is 0.411 e. The number of rotatable bonds is 5. The van der Waals surface area contributed by atoms with Crippen LogP contribution in [0.15, 0.2) is 24.3 Å². The molecule has 0 N–H and O–H groups in total. The highest BCUT2D eigenvalue weighted by Gasteiger charge is 2.27. The second-order valence-corrected chi connectivity index (χ2v) is 5.05. The lowest BCUT2D eigenvalue weighted by Crippen LogP contribution is -2.19. The van der Waals surface area contributed by atoms with E-state index in [9.17, 15) is 13.2 Å². The van der Waals surface area contributed by atoms with Crippen molar-refractivity contribution in [2.24, 2.45) is 0 Å². The summed E-state index contributed by atoms with van der Waals surface area (Å²) < 4.78 is 42.5. The summed E-state index contributed by atoms with van der Waals surface area (Å²) in [6.07, 6.45) is -4.31. The highest BCUT2D eigenvalue weighted by Crippen LogP contribution is 2.24. The Morgan fingerprint density at radius 1 is 1.35 bits per heavy atom. The lowest BCUT2D eigenvalue weighted by molar-refractivity contribution is -0.174. The number of benzene rings is 1. The van der Waals surface area contributed by atoms with Crippen molar-refractivity contribution >= 4 is 22.6 Å². The number of ether oxygens (including phenoxy) is 1. The van der Waals surface area contributed by atoms with Crippen molar-refractivity contribution in [3.05, 3.63) is 30.1 Å². The van der Waals surface area contributed by atoms with E-state index in [2.05, 4.69) is 9.72 Å². The van der Waals surface area contributed by atoms with Gasteiger partial charge in [0, 0.05) is 6.54 Å². The Hall–Kier alpha value is -1.27. The van der Waals surface area contributed by atoms with E-state index in [-0.39, 0.29) is 18.5 Å². The maximum Gasteiger partial charge on any atom is 0.411 e. The molecule has 20 heavy (non-hydrogen) atoms. The highest BCUT2D eigenvalue weighted by molar-refractivity contribution is 6.20. The maximum atomic E-state index is 12.0. The van der Waals surface area contributed by atoms with Gasteiger partial charge in [0.1, 0.15) is 12.4 Å². The molecule has 0 spiro atoms. The molecule has 0 aliphatic carbocycles. The van der Waals surface area contributed by atoms with Gasteiger partial charge in [-0.2, -0.15) is 13.2 Å². The molecular formula is C13H14ClF3N2O. The van der Waals surface area contributed by atoms with Crippen molar-refractivity contribution in [1.29, 1.82) is 0 Å². The molecular weight excluding hydrogens is 293 g/mol. The fourth-order valence-electron chi connectivity index (χ4n) is 1.98. The summed E-state index contributed by atoms with van der Waals surface area (Å²) >= 11 is 6.06. The van der Waals surface area contributed by atoms with Crippen LogP contribution in [-0.4, -0.2) is 28.9 Å². The molecule has 2 rings (SSSR count). The second kappa shape index (κ2) is 6.01. The molecule has 0 saturated carbocycles. The molecule has 0 amide bonds. The lowest BCUT2D eigenvalue weighted by Gasteiger charge is -2.12. The average Bonchev–Trinajstić information content (AvgIpc) is 2.72. The molecule has 2 aromatic rings. The van der Waals surface area contributed by atoms with Gasteiger partial charge in [-0.05, 0) is 19.1 Å². The van der Waals surface area contributed by atoms with E-state index in [0.29, 0.717) is 5.82 Å². The Labute approximate surface area is 119 Å². The van der Waals surface area contributed by atoms with E-state index in [1.54, 1.807) is 11.5 Å². The molecule has 0 bridgehead atoms. The monoisotopic (exact) mass is 306 g/mol. The third kappa shape index (κ3) is 3.64. The SMILES string of the molecule is CC(Cl)c1nc2ccccc2n1CCOCC(F)(F)F.